The standard InChI is InChI=1S/C23H23N3O2/c1-15(2)14-26-11-10-16-12-17(8-9-20(16)26)24-23(28)19-13-22(27)25(3)21-7-5-4-6-18(19)21/h4-13,15H,14H2,1-3H3,(H,24,28). The molecule has 142 valence electrons. The Morgan fingerprint density at radius 3 is 2.61 bits per heavy atom. The fourth-order valence-corrected chi connectivity index (χ4v) is 3.63. The van der Waals surface area contributed by atoms with Crippen molar-refractivity contribution in [2.75, 3.05) is 5.32 Å². The normalized spacial score (nSPS) is 11.4. The van der Waals surface area contributed by atoms with Gasteiger partial charge in [-0.2, -0.15) is 0 Å². The zero-order valence-corrected chi connectivity index (χ0v) is 16.3. The minimum Gasteiger partial charge on any atom is -0.347 e. The molecule has 4 aromatic rings. The van der Waals surface area contributed by atoms with E-state index in [-0.39, 0.29) is 11.5 Å². The molecule has 0 unspecified atom stereocenters. The summed E-state index contributed by atoms with van der Waals surface area (Å²) < 4.78 is 3.77. The van der Waals surface area contributed by atoms with Crippen LogP contribution >= 0.6 is 0 Å². The minimum atomic E-state index is -0.283. The monoisotopic (exact) mass is 373 g/mol. The summed E-state index contributed by atoms with van der Waals surface area (Å²) in [5.74, 6) is 0.277. The van der Waals surface area contributed by atoms with E-state index in [2.05, 4.69) is 36.0 Å². The zero-order chi connectivity index (χ0) is 19.8. The van der Waals surface area contributed by atoms with Gasteiger partial charge in [0.2, 0.25) is 0 Å². The fraction of sp³-hybridized carbons (Fsp3) is 0.217. The number of nitrogens with one attached hydrogen (secondary N) is 1. The van der Waals surface area contributed by atoms with E-state index in [1.165, 1.54) is 6.07 Å². The van der Waals surface area contributed by atoms with Crippen molar-refractivity contribution in [1.82, 2.24) is 9.13 Å². The molecule has 0 atom stereocenters. The van der Waals surface area contributed by atoms with Crippen molar-refractivity contribution in [3.05, 3.63) is 76.7 Å². The predicted molar refractivity (Wildman–Crippen MR) is 114 cm³/mol. The number of pyridine rings is 1. The molecule has 0 bridgehead atoms. The Balaban J connectivity index is 1.68. The van der Waals surface area contributed by atoms with Crippen LogP contribution in [-0.4, -0.2) is 15.0 Å². The smallest absolute Gasteiger partial charge is 0.256 e. The molecule has 0 aliphatic carbocycles. The van der Waals surface area contributed by atoms with Crippen LogP contribution in [0.3, 0.4) is 0 Å². The molecule has 5 nitrogen and oxygen atoms in total. The summed E-state index contributed by atoms with van der Waals surface area (Å²) in [6.07, 6.45) is 2.07. The number of aromatic nitrogens is 2. The largest absolute Gasteiger partial charge is 0.347 e. The van der Waals surface area contributed by atoms with E-state index in [1.54, 1.807) is 11.6 Å². The van der Waals surface area contributed by atoms with Crippen molar-refractivity contribution in [3.63, 3.8) is 0 Å². The number of nitrogens with zero attached hydrogens (tertiary/aromatic N) is 2. The van der Waals surface area contributed by atoms with E-state index in [1.807, 2.05) is 42.5 Å². The minimum absolute atomic E-state index is 0.204. The van der Waals surface area contributed by atoms with Crippen molar-refractivity contribution in [1.29, 1.82) is 0 Å². The van der Waals surface area contributed by atoms with E-state index in [4.69, 9.17) is 0 Å². The fourth-order valence-electron chi connectivity index (χ4n) is 3.63. The lowest BCUT2D eigenvalue weighted by atomic mass is 10.1. The van der Waals surface area contributed by atoms with Crippen LogP contribution in [0, 0.1) is 5.92 Å². The van der Waals surface area contributed by atoms with Crippen molar-refractivity contribution in [2.24, 2.45) is 13.0 Å². The second-order valence-electron chi connectivity index (χ2n) is 7.56. The van der Waals surface area contributed by atoms with E-state index in [0.717, 1.165) is 28.4 Å². The van der Waals surface area contributed by atoms with Crippen LogP contribution < -0.4 is 10.9 Å². The Hall–Kier alpha value is -3.34. The Bertz CT molecular complexity index is 1250. The summed E-state index contributed by atoms with van der Waals surface area (Å²) in [6, 6.07) is 16.8. The molecule has 0 aliphatic heterocycles. The van der Waals surface area contributed by atoms with Crippen LogP contribution in [0.25, 0.3) is 21.8 Å². The van der Waals surface area contributed by atoms with Gasteiger partial charge in [0, 0.05) is 47.8 Å². The number of anilines is 1. The lowest BCUT2D eigenvalue weighted by Crippen LogP contribution is -2.21. The molecular formula is C23H23N3O2. The second-order valence-corrected chi connectivity index (χ2v) is 7.56. The predicted octanol–water partition coefficient (Wildman–Crippen LogP) is 4.40. The van der Waals surface area contributed by atoms with Crippen LogP contribution in [0.4, 0.5) is 5.69 Å². The van der Waals surface area contributed by atoms with Crippen LogP contribution in [0.15, 0.2) is 65.6 Å². The van der Waals surface area contributed by atoms with Crippen molar-refractivity contribution < 1.29 is 4.79 Å². The molecule has 5 heteroatoms. The quantitative estimate of drug-likeness (QED) is 0.576. The molecule has 0 aliphatic rings. The number of rotatable bonds is 4. The summed E-state index contributed by atoms with van der Waals surface area (Å²) in [5, 5.41) is 4.77. The second kappa shape index (κ2) is 7.00. The number of fused-ring (bicyclic) bond motifs is 2. The van der Waals surface area contributed by atoms with E-state index >= 15 is 0 Å². The van der Waals surface area contributed by atoms with Crippen molar-refractivity contribution >= 4 is 33.4 Å². The van der Waals surface area contributed by atoms with Gasteiger partial charge in [0.15, 0.2) is 0 Å². The number of carbonyl (C=O) groups is 1. The summed E-state index contributed by atoms with van der Waals surface area (Å²) in [6.45, 7) is 5.33. The first-order chi connectivity index (χ1) is 13.4. The summed E-state index contributed by atoms with van der Waals surface area (Å²) >= 11 is 0. The van der Waals surface area contributed by atoms with Crippen molar-refractivity contribution in [3.8, 4) is 0 Å². The van der Waals surface area contributed by atoms with Gasteiger partial charge in [-0.15, -0.1) is 0 Å². The Morgan fingerprint density at radius 1 is 1.04 bits per heavy atom. The van der Waals surface area contributed by atoms with Gasteiger partial charge < -0.3 is 14.5 Å². The molecule has 0 radical (unpaired) electrons. The summed E-state index contributed by atoms with van der Waals surface area (Å²) in [7, 11) is 1.71. The van der Waals surface area contributed by atoms with Gasteiger partial charge in [-0.1, -0.05) is 32.0 Å². The molecule has 1 amide bonds. The van der Waals surface area contributed by atoms with Crippen LogP contribution in [0.1, 0.15) is 24.2 Å². The number of aryl methyl sites for hydroxylation is 1. The summed E-state index contributed by atoms with van der Waals surface area (Å²) in [5.41, 5.74) is 2.78. The van der Waals surface area contributed by atoms with Gasteiger partial charge in [-0.25, -0.2) is 0 Å². The first kappa shape index (κ1) is 18.0. The molecule has 0 fully saturated rings. The number of para-hydroxylation sites is 1. The third kappa shape index (κ3) is 3.20. The Kier molecular flexibility index (Phi) is 4.51. The van der Waals surface area contributed by atoms with E-state index in [0.29, 0.717) is 17.2 Å². The maximum absolute atomic E-state index is 12.9. The molecule has 2 heterocycles. The number of hydrogen-bond acceptors (Lipinski definition) is 2. The van der Waals surface area contributed by atoms with Gasteiger partial charge in [-0.05, 0) is 36.2 Å². The number of hydrogen-bond donors (Lipinski definition) is 1. The molecule has 2 aromatic heterocycles. The summed E-state index contributed by atoms with van der Waals surface area (Å²) in [4.78, 5) is 25.2. The highest BCUT2D eigenvalue weighted by atomic mass is 16.2. The zero-order valence-electron chi connectivity index (χ0n) is 16.3. The van der Waals surface area contributed by atoms with Gasteiger partial charge in [0.25, 0.3) is 11.5 Å². The molecular weight excluding hydrogens is 350 g/mol. The molecule has 0 spiro atoms. The number of carbonyl (C=O) groups excluding carboxylic acids is 1. The molecule has 28 heavy (non-hydrogen) atoms. The highest BCUT2D eigenvalue weighted by Crippen LogP contribution is 2.23. The Morgan fingerprint density at radius 2 is 1.82 bits per heavy atom. The van der Waals surface area contributed by atoms with Crippen LogP contribution in [0.5, 0.6) is 0 Å². The lowest BCUT2D eigenvalue weighted by molar-refractivity contribution is 0.102. The Labute approximate surface area is 163 Å². The SMILES string of the molecule is CC(C)Cn1ccc2cc(NC(=O)c3cc(=O)n(C)c4ccccc34)ccc21. The van der Waals surface area contributed by atoms with Gasteiger partial charge in [0.1, 0.15) is 0 Å². The highest BCUT2D eigenvalue weighted by molar-refractivity contribution is 6.12. The maximum Gasteiger partial charge on any atom is 0.256 e. The lowest BCUT2D eigenvalue weighted by Gasteiger charge is -2.11. The first-order valence-corrected chi connectivity index (χ1v) is 9.43. The van der Waals surface area contributed by atoms with Gasteiger partial charge in [-0.3, -0.25) is 9.59 Å². The molecule has 2 aromatic carbocycles. The number of amides is 1. The average molecular weight is 373 g/mol. The molecule has 0 saturated carbocycles. The topological polar surface area (TPSA) is 56.0 Å². The highest BCUT2D eigenvalue weighted by Gasteiger charge is 2.14. The van der Waals surface area contributed by atoms with Crippen molar-refractivity contribution in [2.45, 2.75) is 20.4 Å². The number of benzene rings is 2. The van der Waals surface area contributed by atoms with Gasteiger partial charge >= 0.3 is 0 Å². The van der Waals surface area contributed by atoms with Crippen LogP contribution in [0.2, 0.25) is 0 Å². The maximum atomic E-state index is 12.9. The third-order valence-corrected chi connectivity index (χ3v) is 4.99. The van der Waals surface area contributed by atoms with E-state index < -0.39 is 0 Å². The molecule has 1 N–H and O–H groups in total. The van der Waals surface area contributed by atoms with Gasteiger partial charge in [0.05, 0.1) is 11.1 Å². The average Bonchev–Trinajstić information content (AvgIpc) is 3.06. The van der Waals surface area contributed by atoms with E-state index in [9.17, 15) is 9.59 Å². The molecule has 4 rings (SSSR count). The first-order valence-electron chi connectivity index (χ1n) is 9.43. The third-order valence-electron chi connectivity index (χ3n) is 4.99. The van der Waals surface area contributed by atoms with Crippen LogP contribution in [-0.2, 0) is 13.6 Å². The molecule has 0 saturated heterocycles.